The van der Waals surface area contributed by atoms with E-state index in [1.807, 2.05) is 0 Å². The van der Waals surface area contributed by atoms with Crippen LogP contribution in [0.15, 0.2) is 17.1 Å². The molecule has 4 heteroatoms. The Morgan fingerprint density at radius 1 is 1.60 bits per heavy atom. The normalized spacial score (nSPS) is 8.93. The molecule has 78 valence electrons. The van der Waals surface area contributed by atoms with Gasteiger partial charge in [0.25, 0.3) is 5.56 Å². The number of amides is 1. The lowest BCUT2D eigenvalue weighted by atomic mass is 10.2. The minimum Gasteiger partial charge on any atom is -0.345 e. The first-order chi connectivity index (χ1) is 7.09. The fraction of sp³-hybridized carbons (Fsp3) is 0.273. The van der Waals surface area contributed by atoms with Gasteiger partial charge in [-0.05, 0) is 13.0 Å². The number of carbonyl (C=O) groups is 1. The van der Waals surface area contributed by atoms with E-state index in [-0.39, 0.29) is 11.5 Å². The number of pyridine rings is 1. The van der Waals surface area contributed by atoms with Crippen LogP contribution in [-0.2, 0) is 4.79 Å². The summed E-state index contributed by atoms with van der Waals surface area (Å²) in [5, 5.41) is 2.56. The number of carbonyl (C=O) groups excluding carboxylic acids is 1. The molecule has 0 radical (unpaired) electrons. The predicted octanol–water partition coefficient (Wildman–Crippen LogP) is 0.171. The van der Waals surface area contributed by atoms with E-state index in [4.69, 9.17) is 0 Å². The molecule has 0 saturated heterocycles. The van der Waals surface area contributed by atoms with Crippen molar-refractivity contribution in [2.24, 2.45) is 0 Å². The van der Waals surface area contributed by atoms with Crippen LogP contribution in [-0.4, -0.2) is 17.4 Å². The first-order valence-corrected chi connectivity index (χ1v) is 4.52. The van der Waals surface area contributed by atoms with Crippen molar-refractivity contribution in [3.8, 4) is 11.8 Å². The lowest BCUT2D eigenvalue weighted by molar-refractivity contribution is -0.118. The highest BCUT2D eigenvalue weighted by atomic mass is 16.1. The first kappa shape index (κ1) is 11.1. The molecular weight excluding hydrogens is 192 g/mol. The largest absolute Gasteiger partial charge is 0.345 e. The molecule has 15 heavy (non-hydrogen) atoms. The molecule has 1 aromatic rings. The van der Waals surface area contributed by atoms with Crippen molar-refractivity contribution in [1.82, 2.24) is 10.3 Å². The molecule has 4 nitrogen and oxygen atoms in total. The third kappa shape index (κ3) is 3.69. The average molecular weight is 204 g/mol. The SMILES string of the molecule is CC(=O)NCC#Cc1c[nH]c(=O)c(C)c1. The summed E-state index contributed by atoms with van der Waals surface area (Å²) < 4.78 is 0. The summed E-state index contributed by atoms with van der Waals surface area (Å²) in [5.74, 6) is 5.50. The van der Waals surface area contributed by atoms with Crippen molar-refractivity contribution in [2.45, 2.75) is 13.8 Å². The summed E-state index contributed by atoms with van der Waals surface area (Å²) >= 11 is 0. The second kappa shape index (κ2) is 5.01. The molecule has 1 amide bonds. The smallest absolute Gasteiger partial charge is 0.250 e. The zero-order chi connectivity index (χ0) is 11.3. The molecule has 0 atom stereocenters. The van der Waals surface area contributed by atoms with Crippen molar-refractivity contribution in [2.75, 3.05) is 6.54 Å². The first-order valence-electron chi connectivity index (χ1n) is 4.52. The molecule has 0 aliphatic heterocycles. The Hall–Kier alpha value is -2.02. The van der Waals surface area contributed by atoms with Gasteiger partial charge in [-0.25, -0.2) is 0 Å². The van der Waals surface area contributed by atoms with Crippen LogP contribution in [0.2, 0.25) is 0 Å². The Kier molecular flexibility index (Phi) is 3.69. The van der Waals surface area contributed by atoms with Gasteiger partial charge >= 0.3 is 0 Å². The molecule has 2 N–H and O–H groups in total. The topological polar surface area (TPSA) is 62.0 Å². The highest BCUT2D eigenvalue weighted by molar-refractivity contribution is 5.73. The van der Waals surface area contributed by atoms with E-state index in [1.165, 1.54) is 6.92 Å². The van der Waals surface area contributed by atoms with Crippen LogP contribution in [0.1, 0.15) is 18.1 Å². The Bertz CT molecular complexity index is 477. The van der Waals surface area contributed by atoms with Gasteiger partial charge in [-0.1, -0.05) is 11.8 Å². The van der Waals surface area contributed by atoms with Crippen LogP contribution >= 0.6 is 0 Å². The molecule has 1 heterocycles. The van der Waals surface area contributed by atoms with E-state index in [2.05, 4.69) is 22.1 Å². The van der Waals surface area contributed by atoms with Gasteiger partial charge in [0.1, 0.15) is 0 Å². The number of aryl methyl sites for hydroxylation is 1. The Morgan fingerprint density at radius 2 is 2.33 bits per heavy atom. The van der Waals surface area contributed by atoms with Gasteiger partial charge < -0.3 is 10.3 Å². The van der Waals surface area contributed by atoms with Crippen molar-refractivity contribution < 1.29 is 4.79 Å². The molecule has 0 fully saturated rings. The fourth-order valence-electron chi connectivity index (χ4n) is 0.985. The van der Waals surface area contributed by atoms with Crippen LogP contribution in [0.4, 0.5) is 0 Å². The minimum absolute atomic E-state index is 0.109. The van der Waals surface area contributed by atoms with E-state index in [0.29, 0.717) is 12.1 Å². The van der Waals surface area contributed by atoms with Gasteiger partial charge in [0.15, 0.2) is 0 Å². The maximum absolute atomic E-state index is 11.0. The number of H-pyrrole nitrogens is 1. The molecule has 0 aliphatic rings. The van der Waals surface area contributed by atoms with Crippen molar-refractivity contribution in [1.29, 1.82) is 0 Å². The second-order valence-corrected chi connectivity index (χ2v) is 3.11. The van der Waals surface area contributed by atoms with Crippen LogP contribution in [0, 0.1) is 18.8 Å². The quantitative estimate of drug-likeness (QED) is 0.640. The Morgan fingerprint density at radius 3 is 2.93 bits per heavy atom. The number of hydrogen-bond acceptors (Lipinski definition) is 2. The number of aromatic nitrogens is 1. The summed E-state index contributed by atoms with van der Waals surface area (Å²) in [5.41, 5.74) is 1.25. The third-order valence-corrected chi connectivity index (χ3v) is 1.75. The Labute approximate surface area is 87.7 Å². The summed E-state index contributed by atoms with van der Waals surface area (Å²) in [4.78, 5) is 24.1. The highest BCUT2D eigenvalue weighted by Crippen LogP contribution is 1.93. The van der Waals surface area contributed by atoms with E-state index < -0.39 is 0 Å². The van der Waals surface area contributed by atoms with Crippen LogP contribution in [0.3, 0.4) is 0 Å². The number of aromatic amines is 1. The van der Waals surface area contributed by atoms with Crippen LogP contribution in [0.5, 0.6) is 0 Å². The molecule has 1 rings (SSSR count). The maximum atomic E-state index is 11.0. The minimum atomic E-state index is -0.109. The monoisotopic (exact) mass is 204 g/mol. The van der Waals surface area contributed by atoms with Crippen LogP contribution < -0.4 is 10.9 Å². The highest BCUT2D eigenvalue weighted by Gasteiger charge is 1.92. The Balaban J connectivity index is 2.68. The molecular formula is C11H12N2O2. The average Bonchev–Trinajstić information content (AvgIpc) is 2.18. The van der Waals surface area contributed by atoms with Crippen LogP contribution in [0.25, 0.3) is 0 Å². The lowest BCUT2D eigenvalue weighted by Gasteiger charge is -1.93. The number of hydrogen-bond donors (Lipinski definition) is 2. The van der Waals surface area contributed by atoms with Crippen molar-refractivity contribution in [3.63, 3.8) is 0 Å². The molecule has 0 aromatic carbocycles. The summed E-state index contributed by atoms with van der Waals surface area (Å²) in [6, 6.07) is 1.71. The van der Waals surface area contributed by atoms with Gasteiger partial charge in [-0.15, -0.1) is 0 Å². The molecule has 0 bridgehead atoms. The zero-order valence-electron chi connectivity index (χ0n) is 8.68. The van der Waals surface area contributed by atoms with Gasteiger partial charge in [0, 0.05) is 24.2 Å². The lowest BCUT2D eigenvalue weighted by Crippen LogP contribution is -2.19. The van der Waals surface area contributed by atoms with Crippen molar-refractivity contribution in [3.05, 3.63) is 33.7 Å². The summed E-state index contributed by atoms with van der Waals surface area (Å²) in [6.45, 7) is 3.47. The van der Waals surface area contributed by atoms with Gasteiger partial charge in [0.05, 0.1) is 6.54 Å². The predicted molar refractivity (Wildman–Crippen MR) is 57.4 cm³/mol. The van der Waals surface area contributed by atoms with E-state index >= 15 is 0 Å². The third-order valence-electron chi connectivity index (χ3n) is 1.75. The molecule has 1 aromatic heterocycles. The standard InChI is InChI=1S/C11H12N2O2/c1-8-6-10(7-13-11(8)15)4-3-5-12-9(2)14/h6-7H,5H2,1-2H3,(H,12,14)(H,13,15). The summed E-state index contributed by atoms with van der Waals surface area (Å²) in [6.07, 6.45) is 1.55. The van der Waals surface area contributed by atoms with Crippen molar-refractivity contribution >= 4 is 5.91 Å². The molecule has 0 unspecified atom stereocenters. The maximum Gasteiger partial charge on any atom is 0.250 e. The van der Waals surface area contributed by atoms with Gasteiger partial charge in [-0.2, -0.15) is 0 Å². The summed E-state index contributed by atoms with van der Waals surface area (Å²) in [7, 11) is 0. The van der Waals surface area contributed by atoms with E-state index in [1.54, 1.807) is 19.2 Å². The molecule has 0 spiro atoms. The fourth-order valence-corrected chi connectivity index (χ4v) is 0.985. The zero-order valence-corrected chi connectivity index (χ0v) is 8.68. The number of rotatable bonds is 1. The van der Waals surface area contributed by atoms with E-state index in [9.17, 15) is 9.59 Å². The van der Waals surface area contributed by atoms with Gasteiger partial charge in [0.2, 0.25) is 5.91 Å². The van der Waals surface area contributed by atoms with Gasteiger partial charge in [-0.3, -0.25) is 9.59 Å². The molecule has 0 saturated carbocycles. The molecule has 0 aliphatic carbocycles. The number of nitrogens with one attached hydrogen (secondary N) is 2. The second-order valence-electron chi connectivity index (χ2n) is 3.11. The van der Waals surface area contributed by atoms with E-state index in [0.717, 1.165) is 5.56 Å².